The maximum atomic E-state index is 12.4. The Labute approximate surface area is 119 Å². The molecule has 3 rings (SSSR count). The first-order valence-electron chi connectivity index (χ1n) is 6.27. The molecule has 1 aliphatic rings. The molecule has 0 saturated carbocycles. The molecule has 100 valence electrons. The van der Waals surface area contributed by atoms with Crippen LogP contribution in [0.25, 0.3) is 0 Å². The molecule has 19 heavy (non-hydrogen) atoms. The van der Waals surface area contributed by atoms with Gasteiger partial charge in [-0.1, -0.05) is 6.07 Å². The van der Waals surface area contributed by atoms with Crippen LogP contribution < -0.4 is 5.73 Å². The van der Waals surface area contributed by atoms with Gasteiger partial charge >= 0.3 is 0 Å². The summed E-state index contributed by atoms with van der Waals surface area (Å²) in [5.74, 6) is 0.154. The van der Waals surface area contributed by atoms with E-state index in [-0.39, 0.29) is 11.9 Å². The van der Waals surface area contributed by atoms with Gasteiger partial charge in [-0.05, 0) is 24.3 Å². The van der Waals surface area contributed by atoms with E-state index in [0.717, 1.165) is 25.1 Å². The first-order chi connectivity index (χ1) is 9.24. The molecule has 2 N–H and O–H groups in total. The number of carbonyl (C=O) groups is 1. The number of thiophene rings is 1. The van der Waals surface area contributed by atoms with Crippen molar-refractivity contribution in [3.05, 3.63) is 33.5 Å². The molecule has 0 aromatic carbocycles. The maximum Gasteiger partial charge on any atom is 0.229 e. The third kappa shape index (κ3) is 2.64. The summed E-state index contributed by atoms with van der Waals surface area (Å²) in [6, 6.07) is 4.41. The van der Waals surface area contributed by atoms with Crippen molar-refractivity contribution in [3.8, 4) is 0 Å². The minimum Gasteiger partial charge on any atom is -0.375 e. The molecule has 0 radical (unpaired) electrons. The minimum atomic E-state index is 0.154. The highest BCUT2D eigenvalue weighted by molar-refractivity contribution is 7.13. The van der Waals surface area contributed by atoms with Crippen LogP contribution in [0.2, 0.25) is 0 Å². The van der Waals surface area contributed by atoms with Crippen molar-refractivity contribution in [1.29, 1.82) is 0 Å². The zero-order valence-electron chi connectivity index (χ0n) is 10.4. The van der Waals surface area contributed by atoms with E-state index >= 15 is 0 Å². The van der Waals surface area contributed by atoms with Crippen LogP contribution >= 0.6 is 22.7 Å². The first-order valence-corrected chi connectivity index (χ1v) is 8.03. The minimum absolute atomic E-state index is 0.154. The van der Waals surface area contributed by atoms with Crippen LogP contribution in [0.4, 0.5) is 5.13 Å². The van der Waals surface area contributed by atoms with Crippen LogP contribution in [-0.4, -0.2) is 22.3 Å². The van der Waals surface area contributed by atoms with Crippen molar-refractivity contribution >= 4 is 33.7 Å². The van der Waals surface area contributed by atoms with Crippen molar-refractivity contribution in [3.63, 3.8) is 0 Å². The van der Waals surface area contributed by atoms with Crippen molar-refractivity contribution in [2.75, 3.05) is 12.3 Å². The molecular formula is C13H15N3OS2. The third-order valence-corrected chi connectivity index (χ3v) is 5.04. The number of rotatable bonds is 3. The van der Waals surface area contributed by atoms with Crippen LogP contribution in [-0.2, 0) is 11.2 Å². The topological polar surface area (TPSA) is 59.2 Å². The smallest absolute Gasteiger partial charge is 0.229 e. The normalized spacial score (nSPS) is 18.9. The van der Waals surface area contributed by atoms with Gasteiger partial charge in [-0.25, -0.2) is 4.98 Å². The van der Waals surface area contributed by atoms with Gasteiger partial charge in [0, 0.05) is 16.8 Å². The average molecular weight is 293 g/mol. The molecule has 2 aromatic rings. The summed E-state index contributed by atoms with van der Waals surface area (Å²) in [7, 11) is 0. The standard InChI is InChI=1S/C13H15N3OS2/c14-13-15-9(8-19-13)7-12(17)16-5-1-3-10(16)11-4-2-6-18-11/h2,4,6,8,10H,1,3,5,7H2,(H2,14,15). The fraction of sp³-hybridized carbons (Fsp3) is 0.385. The zero-order chi connectivity index (χ0) is 13.2. The molecule has 4 nitrogen and oxygen atoms in total. The van der Waals surface area contributed by atoms with Gasteiger partial charge in [0.2, 0.25) is 5.91 Å². The highest BCUT2D eigenvalue weighted by atomic mass is 32.1. The Morgan fingerprint density at radius 2 is 2.42 bits per heavy atom. The van der Waals surface area contributed by atoms with Gasteiger partial charge in [-0.3, -0.25) is 4.79 Å². The van der Waals surface area contributed by atoms with Crippen molar-refractivity contribution in [1.82, 2.24) is 9.88 Å². The SMILES string of the molecule is Nc1nc(CC(=O)N2CCCC2c2cccs2)cs1. The van der Waals surface area contributed by atoms with E-state index in [1.165, 1.54) is 16.2 Å². The molecule has 0 aliphatic carbocycles. The van der Waals surface area contributed by atoms with Gasteiger partial charge in [0.25, 0.3) is 0 Å². The predicted octanol–water partition coefficient (Wildman–Crippen LogP) is 2.69. The molecular weight excluding hydrogens is 278 g/mol. The van der Waals surface area contributed by atoms with Gasteiger partial charge in [0.15, 0.2) is 5.13 Å². The molecule has 1 amide bonds. The molecule has 1 fully saturated rings. The molecule has 1 saturated heterocycles. The van der Waals surface area contributed by atoms with E-state index in [4.69, 9.17) is 5.73 Å². The lowest BCUT2D eigenvalue weighted by Crippen LogP contribution is -2.31. The summed E-state index contributed by atoms with van der Waals surface area (Å²) in [5, 5.41) is 4.46. The maximum absolute atomic E-state index is 12.4. The third-order valence-electron chi connectivity index (χ3n) is 3.35. The van der Waals surface area contributed by atoms with Crippen LogP contribution in [0.1, 0.15) is 29.5 Å². The molecule has 6 heteroatoms. The van der Waals surface area contributed by atoms with Crippen LogP contribution in [0, 0.1) is 0 Å². The number of anilines is 1. The van der Waals surface area contributed by atoms with Gasteiger partial charge in [0.05, 0.1) is 18.2 Å². The number of thiazole rings is 1. The van der Waals surface area contributed by atoms with Crippen LogP contribution in [0.15, 0.2) is 22.9 Å². The van der Waals surface area contributed by atoms with E-state index in [0.29, 0.717) is 11.6 Å². The van der Waals surface area contributed by atoms with E-state index in [9.17, 15) is 4.79 Å². The van der Waals surface area contributed by atoms with Gasteiger partial charge in [0.1, 0.15) is 0 Å². The lowest BCUT2D eigenvalue weighted by atomic mass is 10.2. The van der Waals surface area contributed by atoms with Crippen LogP contribution in [0.5, 0.6) is 0 Å². The number of hydrogen-bond donors (Lipinski definition) is 1. The fourth-order valence-corrected chi connectivity index (χ4v) is 3.94. The van der Waals surface area contributed by atoms with Gasteiger partial charge in [-0.2, -0.15) is 0 Å². The monoisotopic (exact) mass is 293 g/mol. The van der Waals surface area contributed by atoms with Crippen molar-refractivity contribution in [2.45, 2.75) is 25.3 Å². The molecule has 3 heterocycles. The number of nitrogens with two attached hydrogens (primary N) is 1. The first kappa shape index (κ1) is 12.6. The number of nitrogens with zero attached hydrogens (tertiary/aromatic N) is 2. The Kier molecular flexibility index (Phi) is 3.52. The highest BCUT2D eigenvalue weighted by Crippen LogP contribution is 2.34. The Bertz CT molecular complexity index is 564. The van der Waals surface area contributed by atoms with Gasteiger partial charge in [-0.15, -0.1) is 22.7 Å². The summed E-state index contributed by atoms with van der Waals surface area (Å²) in [5.41, 5.74) is 6.38. The molecule has 0 spiro atoms. The largest absolute Gasteiger partial charge is 0.375 e. The van der Waals surface area contributed by atoms with Crippen molar-refractivity contribution < 1.29 is 4.79 Å². The average Bonchev–Trinajstić information content (AvgIpc) is 3.07. The Balaban J connectivity index is 1.72. The van der Waals surface area contributed by atoms with E-state index < -0.39 is 0 Å². The predicted molar refractivity (Wildman–Crippen MR) is 78.2 cm³/mol. The highest BCUT2D eigenvalue weighted by Gasteiger charge is 2.30. The fourth-order valence-electron chi connectivity index (χ4n) is 2.50. The number of hydrogen-bond acceptors (Lipinski definition) is 5. The lowest BCUT2D eigenvalue weighted by molar-refractivity contribution is -0.131. The number of nitrogen functional groups attached to an aromatic ring is 1. The second kappa shape index (κ2) is 5.30. The molecule has 1 aliphatic heterocycles. The van der Waals surface area contributed by atoms with E-state index in [1.54, 1.807) is 11.3 Å². The number of aromatic nitrogens is 1. The quantitative estimate of drug-likeness (QED) is 0.946. The molecule has 1 atom stereocenters. The zero-order valence-corrected chi connectivity index (χ0v) is 12.0. The Hall–Kier alpha value is -1.40. The van der Waals surface area contributed by atoms with E-state index in [2.05, 4.69) is 16.4 Å². The van der Waals surface area contributed by atoms with Crippen molar-refractivity contribution in [2.24, 2.45) is 0 Å². The summed E-state index contributed by atoms with van der Waals surface area (Å²) >= 11 is 3.11. The molecule has 2 aromatic heterocycles. The molecule has 1 unspecified atom stereocenters. The van der Waals surface area contributed by atoms with E-state index in [1.807, 2.05) is 16.3 Å². The summed E-state index contributed by atoms with van der Waals surface area (Å²) in [4.78, 5) is 19.8. The summed E-state index contributed by atoms with van der Waals surface area (Å²) < 4.78 is 0. The summed E-state index contributed by atoms with van der Waals surface area (Å²) in [6.45, 7) is 0.848. The number of amides is 1. The van der Waals surface area contributed by atoms with Gasteiger partial charge < -0.3 is 10.6 Å². The second-order valence-corrected chi connectivity index (χ2v) is 6.48. The molecule has 0 bridgehead atoms. The Morgan fingerprint density at radius 1 is 1.53 bits per heavy atom. The lowest BCUT2D eigenvalue weighted by Gasteiger charge is -2.23. The Morgan fingerprint density at radius 3 is 3.11 bits per heavy atom. The van der Waals surface area contributed by atoms with Crippen LogP contribution in [0.3, 0.4) is 0 Å². The number of carbonyl (C=O) groups excluding carboxylic acids is 1. The second-order valence-electron chi connectivity index (χ2n) is 4.61. The number of likely N-dealkylation sites (tertiary alicyclic amines) is 1. The summed E-state index contributed by atoms with van der Waals surface area (Å²) in [6.07, 6.45) is 2.49.